The summed E-state index contributed by atoms with van der Waals surface area (Å²) in [6.45, 7) is 11.5. The first-order chi connectivity index (χ1) is 9.65. The molecule has 1 atom stereocenters. The van der Waals surface area contributed by atoms with E-state index in [0.717, 1.165) is 30.6 Å². The molecule has 0 saturated carbocycles. The molecule has 2 heteroatoms. The molecule has 2 rings (SSSR count). The van der Waals surface area contributed by atoms with Gasteiger partial charge in [0.2, 0.25) is 0 Å². The second-order valence-electron chi connectivity index (χ2n) is 5.29. The first kappa shape index (κ1) is 14.7. The Balaban J connectivity index is 2.48. The van der Waals surface area contributed by atoms with E-state index in [1.165, 1.54) is 16.5 Å². The lowest BCUT2D eigenvalue weighted by molar-refractivity contribution is 0.545. The molecule has 0 amide bonds. The molecule has 106 valence electrons. The van der Waals surface area contributed by atoms with Gasteiger partial charge in [-0.15, -0.1) is 0 Å². The maximum absolute atomic E-state index is 4.63. The van der Waals surface area contributed by atoms with E-state index in [2.05, 4.69) is 61.9 Å². The number of fused-ring (bicyclic) bond motifs is 1. The number of rotatable bonds is 6. The molecule has 1 aromatic carbocycles. The van der Waals surface area contributed by atoms with Crippen LogP contribution in [0, 0.1) is 6.92 Å². The first-order valence-electron chi connectivity index (χ1n) is 7.42. The van der Waals surface area contributed by atoms with Crippen LogP contribution in [0.1, 0.15) is 44.0 Å². The lowest BCUT2D eigenvalue weighted by Crippen LogP contribution is -2.22. The monoisotopic (exact) mass is 268 g/mol. The quantitative estimate of drug-likeness (QED) is 0.777. The summed E-state index contributed by atoms with van der Waals surface area (Å²) in [4.78, 5) is 4.63. The van der Waals surface area contributed by atoms with Gasteiger partial charge in [-0.3, -0.25) is 4.98 Å². The fraction of sp³-hybridized carbons (Fsp3) is 0.389. The molecule has 20 heavy (non-hydrogen) atoms. The van der Waals surface area contributed by atoms with Gasteiger partial charge in [0.1, 0.15) is 0 Å². The Labute approximate surface area is 121 Å². The van der Waals surface area contributed by atoms with Crippen LogP contribution < -0.4 is 5.32 Å². The summed E-state index contributed by atoms with van der Waals surface area (Å²) in [6, 6.07) is 10.9. The summed E-state index contributed by atoms with van der Waals surface area (Å²) in [5, 5.41) is 4.84. The van der Waals surface area contributed by atoms with Gasteiger partial charge in [-0.1, -0.05) is 44.2 Å². The molecule has 0 aliphatic carbocycles. The molecule has 1 aromatic heterocycles. The van der Waals surface area contributed by atoms with E-state index in [1.54, 1.807) is 0 Å². The lowest BCUT2D eigenvalue weighted by atomic mass is 9.95. The molecule has 0 aliphatic heterocycles. The minimum Gasteiger partial charge on any atom is -0.310 e. The number of nitrogens with zero attached hydrogens (tertiary/aromatic N) is 1. The van der Waals surface area contributed by atoms with Crippen LogP contribution in [-0.2, 0) is 0 Å². The molecule has 0 spiro atoms. The maximum atomic E-state index is 4.63. The highest BCUT2D eigenvalue weighted by Crippen LogP contribution is 2.28. The fourth-order valence-corrected chi connectivity index (χ4v) is 2.60. The third-order valence-electron chi connectivity index (χ3n) is 3.69. The van der Waals surface area contributed by atoms with Gasteiger partial charge in [-0.2, -0.15) is 0 Å². The van der Waals surface area contributed by atoms with Gasteiger partial charge in [0.05, 0.1) is 5.52 Å². The Morgan fingerprint density at radius 1 is 1.30 bits per heavy atom. The van der Waals surface area contributed by atoms with Crippen molar-refractivity contribution in [2.24, 2.45) is 0 Å². The van der Waals surface area contributed by atoms with Gasteiger partial charge in [0.25, 0.3) is 0 Å². The molecule has 0 saturated heterocycles. The number of nitrogens with one attached hydrogen (secondary N) is 1. The number of hydrogen-bond donors (Lipinski definition) is 1. The molecule has 2 aromatic rings. The van der Waals surface area contributed by atoms with Gasteiger partial charge in [-0.25, -0.2) is 0 Å². The number of hydrogen-bond acceptors (Lipinski definition) is 2. The lowest BCUT2D eigenvalue weighted by Gasteiger charge is -2.21. The summed E-state index contributed by atoms with van der Waals surface area (Å²) >= 11 is 0. The molecule has 0 fully saturated rings. The van der Waals surface area contributed by atoms with E-state index in [9.17, 15) is 0 Å². The van der Waals surface area contributed by atoms with Crippen molar-refractivity contribution in [3.8, 4) is 0 Å². The van der Waals surface area contributed by atoms with Crippen molar-refractivity contribution in [3.63, 3.8) is 0 Å². The zero-order valence-electron chi connectivity index (χ0n) is 12.7. The van der Waals surface area contributed by atoms with Gasteiger partial charge in [-0.05, 0) is 44.0 Å². The highest BCUT2D eigenvalue weighted by molar-refractivity contribution is 5.82. The van der Waals surface area contributed by atoms with Crippen LogP contribution in [0.3, 0.4) is 0 Å². The normalized spacial score (nSPS) is 12.6. The van der Waals surface area contributed by atoms with Gasteiger partial charge in [0, 0.05) is 17.1 Å². The topological polar surface area (TPSA) is 24.9 Å². The van der Waals surface area contributed by atoms with Crippen molar-refractivity contribution in [1.29, 1.82) is 0 Å². The van der Waals surface area contributed by atoms with Crippen LogP contribution in [-0.4, -0.2) is 11.5 Å². The van der Waals surface area contributed by atoms with Crippen LogP contribution in [0.5, 0.6) is 0 Å². The van der Waals surface area contributed by atoms with E-state index in [1.807, 2.05) is 6.07 Å². The Morgan fingerprint density at radius 2 is 2.05 bits per heavy atom. The predicted octanol–water partition coefficient (Wildman–Crippen LogP) is 4.55. The molecule has 2 nitrogen and oxygen atoms in total. The molecular weight excluding hydrogens is 244 g/mol. The summed E-state index contributed by atoms with van der Waals surface area (Å²) in [5.74, 6) is 0. The summed E-state index contributed by atoms with van der Waals surface area (Å²) in [6.07, 6.45) is 2.02. The Bertz CT molecular complexity index is 601. The second kappa shape index (κ2) is 6.67. The minimum atomic E-state index is 0.319. The third-order valence-corrected chi connectivity index (χ3v) is 3.69. The average molecular weight is 268 g/mol. The molecule has 0 bridgehead atoms. The van der Waals surface area contributed by atoms with Crippen LogP contribution >= 0.6 is 0 Å². The van der Waals surface area contributed by atoms with E-state index >= 15 is 0 Å². The SMILES string of the molecule is C=C(CC)CC(NCC)c1cc(C)nc2ccccc12. The Hall–Kier alpha value is -1.67. The van der Waals surface area contributed by atoms with Crippen LogP contribution in [0.25, 0.3) is 10.9 Å². The predicted molar refractivity (Wildman–Crippen MR) is 86.9 cm³/mol. The second-order valence-corrected chi connectivity index (χ2v) is 5.29. The van der Waals surface area contributed by atoms with Crippen LogP contribution in [0.4, 0.5) is 0 Å². The number of para-hydroxylation sites is 1. The maximum Gasteiger partial charge on any atom is 0.0708 e. The minimum absolute atomic E-state index is 0.319. The molecule has 0 aliphatic rings. The smallest absolute Gasteiger partial charge is 0.0708 e. The first-order valence-corrected chi connectivity index (χ1v) is 7.42. The van der Waals surface area contributed by atoms with Crippen molar-refractivity contribution >= 4 is 10.9 Å². The Morgan fingerprint density at radius 3 is 2.75 bits per heavy atom. The van der Waals surface area contributed by atoms with Crippen molar-refractivity contribution in [1.82, 2.24) is 10.3 Å². The summed E-state index contributed by atoms with van der Waals surface area (Å²) in [5.41, 5.74) is 4.77. The van der Waals surface area contributed by atoms with Crippen LogP contribution in [0.2, 0.25) is 0 Å². The van der Waals surface area contributed by atoms with E-state index < -0.39 is 0 Å². The highest BCUT2D eigenvalue weighted by atomic mass is 14.9. The summed E-state index contributed by atoms with van der Waals surface area (Å²) in [7, 11) is 0. The van der Waals surface area contributed by atoms with Gasteiger partial charge < -0.3 is 5.32 Å². The number of aromatic nitrogens is 1. The molecule has 0 radical (unpaired) electrons. The number of pyridine rings is 1. The van der Waals surface area contributed by atoms with Crippen molar-refractivity contribution < 1.29 is 0 Å². The highest BCUT2D eigenvalue weighted by Gasteiger charge is 2.15. The van der Waals surface area contributed by atoms with Crippen LogP contribution in [0.15, 0.2) is 42.5 Å². The molecule has 1 unspecified atom stereocenters. The number of aryl methyl sites for hydroxylation is 1. The summed E-state index contributed by atoms with van der Waals surface area (Å²) < 4.78 is 0. The van der Waals surface area contributed by atoms with E-state index in [4.69, 9.17) is 0 Å². The standard InChI is InChI=1S/C18H24N2/c1-5-13(3)11-18(19-6-2)16-12-14(4)20-17-10-8-7-9-15(16)17/h7-10,12,18-19H,3,5-6,11H2,1-2,4H3. The zero-order valence-corrected chi connectivity index (χ0v) is 12.7. The van der Waals surface area contributed by atoms with Gasteiger partial charge in [0.15, 0.2) is 0 Å². The molecule has 1 N–H and O–H groups in total. The Kier molecular flexibility index (Phi) is 4.91. The van der Waals surface area contributed by atoms with Crippen molar-refractivity contribution in [2.75, 3.05) is 6.54 Å². The third kappa shape index (κ3) is 3.26. The van der Waals surface area contributed by atoms with Crippen molar-refractivity contribution in [2.45, 2.75) is 39.7 Å². The zero-order chi connectivity index (χ0) is 14.5. The average Bonchev–Trinajstić information content (AvgIpc) is 2.45. The largest absolute Gasteiger partial charge is 0.310 e. The molecule has 1 heterocycles. The van der Waals surface area contributed by atoms with Gasteiger partial charge >= 0.3 is 0 Å². The fourth-order valence-electron chi connectivity index (χ4n) is 2.60. The van der Waals surface area contributed by atoms with E-state index in [0.29, 0.717) is 6.04 Å². The van der Waals surface area contributed by atoms with Crippen molar-refractivity contribution in [3.05, 3.63) is 53.7 Å². The van der Waals surface area contributed by atoms with E-state index in [-0.39, 0.29) is 0 Å². The molecular formula is C18H24N2. The number of benzene rings is 1.